The van der Waals surface area contributed by atoms with Gasteiger partial charge in [0.2, 0.25) is 5.91 Å². The fourth-order valence-corrected chi connectivity index (χ4v) is 1.19. The minimum absolute atomic E-state index is 0.0588. The van der Waals surface area contributed by atoms with Gasteiger partial charge in [-0.1, -0.05) is 0 Å². The molecule has 82 valence electrons. The van der Waals surface area contributed by atoms with Crippen LogP contribution in [-0.4, -0.2) is 37.7 Å². The van der Waals surface area contributed by atoms with Crippen LogP contribution in [0.15, 0.2) is 0 Å². The number of carbonyl (C=O) groups is 1. The second kappa shape index (κ2) is 5.98. The lowest BCUT2D eigenvalue weighted by Crippen LogP contribution is -2.38. The molecule has 1 amide bonds. The van der Waals surface area contributed by atoms with Gasteiger partial charge in [-0.05, 0) is 26.7 Å². The van der Waals surface area contributed by atoms with Crippen LogP contribution < -0.4 is 10.6 Å². The molecule has 1 rings (SSSR count). The summed E-state index contributed by atoms with van der Waals surface area (Å²) in [4.78, 5) is 11.3. The maximum atomic E-state index is 11.3. The van der Waals surface area contributed by atoms with Crippen molar-refractivity contribution in [3.05, 3.63) is 0 Å². The summed E-state index contributed by atoms with van der Waals surface area (Å²) in [7, 11) is 0. The lowest BCUT2D eigenvalue weighted by Gasteiger charge is -2.12. The highest BCUT2D eigenvalue weighted by atomic mass is 16.5. The third kappa shape index (κ3) is 5.19. The summed E-state index contributed by atoms with van der Waals surface area (Å²) in [5, 5.41) is 5.98. The van der Waals surface area contributed by atoms with E-state index < -0.39 is 0 Å². The first kappa shape index (κ1) is 11.5. The summed E-state index contributed by atoms with van der Waals surface area (Å²) in [5.74, 6) is 0.0588. The highest BCUT2D eigenvalue weighted by Crippen LogP contribution is 2.17. The summed E-state index contributed by atoms with van der Waals surface area (Å²) in [6, 6.07) is 0.588. The van der Waals surface area contributed by atoms with Crippen molar-refractivity contribution in [2.24, 2.45) is 0 Å². The Morgan fingerprint density at radius 2 is 2.29 bits per heavy atom. The smallest absolute Gasteiger partial charge is 0.234 e. The molecule has 14 heavy (non-hydrogen) atoms. The Balaban J connectivity index is 1.95. The normalized spacial score (nSPS) is 17.9. The van der Waals surface area contributed by atoms with Crippen molar-refractivity contribution < 1.29 is 9.53 Å². The number of rotatable bonds is 7. The molecule has 0 bridgehead atoms. The molecular formula is C10H20N2O2. The van der Waals surface area contributed by atoms with Gasteiger partial charge in [0.15, 0.2) is 0 Å². The molecule has 0 aromatic carbocycles. The Morgan fingerprint density at radius 1 is 1.57 bits per heavy atom. The van der Waals surface area contributed by atoms with Gasteiger partial charge in [-0.25, -0.2) is 0 Å². The van der Waals surface area contributed by atoms with Crippen LogP contribution in [0.25, 0.3) is 0 Å². The van der Waals surface area contributed by atoms with Gasteiger partial charge < -0.3 is 15.4 Å². The first-order valence-electron chi connectivity index (χ1n) is 5.34. The average Bonchev–Trinajstić information content (AvgIpc) is 2.95. The van der Waals surface area contributed by atoms with Crippen molar-refractivity contribution in [1.29, 1.82) is 0 Å². The molecule has 0 spiro atoms. The van der Waals surface area contributed by atoms with Crippen molar-refractivity contribution in [3.63, 3.8) is 0 Å². The molecular weight excluding hydrogens is 180 g/mol. The number of hydrogen-bond donors (Lipinski definition) is 2. The average molecular weight is 200 g/mol. The highest BCUT2D eigenvalue weighted by molar-refractivity contribution is 5.78. The Kier molecular flexibility index (Phi) is 4.90. The van der Waals surface area contributed by atoms with Crippen LogP contribution in [0.4, 0.5) is 0 Å². The predicted molar refractivity (Wildman–Crippen MR) is 55.1 cm³/mol. The van der Waals surface area contributed by atoms with Crippen LogP contribution >= 0.6 is 0 Å². The standard InChI is InChI=1S/C10H20N2O2/c1-3-14-8(2)6-12-10(13)7-11-9-4-5-9/h8-9,11H,3-7H2,1-2H3,(H,12,13). The molecule has 1 atom stereocenters. The van der Waals surface area contributed by atoms with Crippen molar-refractivity contribution in [2.45, 2.75) is 38.8 Å². The molecule has 0 saturated heterocycles. The van der Waals surface area contributed by atoms with Gasteiger partial charge in [0.25, 0.3) is 0 Å². The Labute approximate surface area is 85.4 Å². The van der Waals surface area contributed by atoms with Crippen molar-refractivity contribution in [2.75, 3.05) is 19.7 Å². The van der Waals surface area contributed by atoms with Crippen LogP contribution in [-0.2, 0) is 9.53 Å². The van der Waals surface area contributed by atoms with Crippen LogP contribution in [0, 0.1) is 0 Å². The van der Waals surface area contributed by atoms with E-state index in [1.165, 1.54) is 12.8 Å². The number of hydrogen-bond acceptors (Lipinski definition) is 3. The molecule has 4 nitrogen and oxygen atoms in total. The minimum Gasteiger partial charge on any atom is -0.377 e. The Bertz CT molecular complexity index is 181. The fraction of sp³-hybridized carbons (Fsp3) is 0.900. The molecule has 0 radical (unpaired) electrons. The maximum absolute atomic E-state index is 11.3. The zero-order valence-electron chi connectivity index (χ0n) is 9.01. The van der Waals surface area contributed by atoms with Gasteiger partial charge in [-0.2, -0.15) is 0 Å². The molecule has 4 heteroatoms. The van der Waals surface area contributed by atoms with Crippen molar-refractivity contribution in [1.82, 2.24) is 10.6 Å². The number of amides is 1. The first-order chi connectivity index (χ1) is 6.72. The zero-order valence-corrected chi connectivity index (χ0v) is 9.01. The number of carbonyl (C=O) groups excluding carboxylic acids is 1. The van der Waals surface area contributed by atoms with E-state index in [2.05, 4.69) is 10.6 Å². The lowest BCUT2D eigenvalue weighted by molar-refractivity contribution is -0.120. The second-order valence-electron chi connectivity index (χ2n) is 3.73. The van der Waals surface area contributed by atoms with E-state index in [1.807, 2.05) is 13.8 Å². The maximum Gasteiger partial charge on any atom is 0.234 e. The van der Waals surface area contributed by atoms with Crippen LogP contribution in [0.1, 0.15) is 26.7 Å². The topological polar surface area (TPSA) is 50.4 Å². The van der Waals surface area contributed by atoms with Crippen molar-refractivity contribution in [3.8, 4) is 0 Å². The summed E-state index contributed by atoms with van der Waals surface area (Å²) in [5.41, 5.74) is 0. The summed E-state index contributed by atoms with van der Waals surface area (Å²) in [6.07, 6.45) is 2.52. The molecule has 1 fully saturated rings. The summed E-state index contributed by atoms with van der Waals surface area (Å²) >= 11 is 0. The fourth-order valence-electron chi connectivity index (χ4n) is 1.19. The third-order valence-corrected chi connectivity index (χ3v) is 2.17. The van der Waals surface area contributed by atoms with Gasteiger partial charge >= 0.3 is 0 Å². The minimum atomic E-state index is 0.0588. The highest BCUT2D eigenvalue weighted by Gasteiger charge is 2.21. The van der Waals surface area contributed by atoms with Crippen LogP contribution in [0.5, 0.6) is 0 Å². The first-order valence-corrected chi connectivity index (χ1v) is 5.34. The van der Waals surface area contributed by atoms with E-state index in [4.69, 9.17) is 4.74 Å². The molecule has 0 aromatic rings. The molecule has 1 aliphatic carbocycles. The SMILES string of the molecule is CCOC(C)CNC(=O)CNC1CC1. The summed E-state index contributed by atoms with van der Waals surface area (Å²) < 4.78 is 5.30. The zero-order chi connectivity index (χ0) is 10.4. The second-order valence-corrected chi connectivity index (χ2v) is 3.73. The molecule has 1 unspecified atom stereocenters. The van der Waals surface area contributed by atoms with E-state index in [0.29, 0.717) is 25.7 Å². The molecule has 2 N–H and O–H groups in total. The van der Waals surface area contributed by atoms with Crippen molar-refractivity contribution >= 4 is 5.91 Å². The van der Waals surface area contributed by atoms with E-state index in [-0.39, 0.29) is 12.0 Å². The Morgan fingerprint density at radius 3 is 2.86 bits per heavy atom. The number of nitrogens with one attached hydrogen (secondary N) is 2. The van der Waals surface area contributed by atoms with Gasteiger partial charge in [-0.3, -0.25) is 4.79 Å². The number of ether oxygens (including phenoxy) is 1. The van der Waals surface area contributed by atoms with E-state index in [1.54, 1.807) is 0 Å². The monoisotopic (exact) mass is 200 g/mol. The van der Waals surface area contributed by atoms with E-state index in [9.17, 15) is 4.79 Å². The molecule has 0 heterocycles. The summed E-state index contributed by atoms with van der Waals surface area (Å²) in [6.45, 7) is 5.63. The lowest BCUT2D eigenvalue weighted by atomic mass is 10.4. The Hall–Kier alpha value is -0.610. The predicted octanol–water partition coefficient (Wildman–Crippen LogP) is 0.280. The van der Waals surface area contributed by atoms with Gasteiger partial charge in [0.1, 0.15) is 0 Å². The molecule has 0 aromatic heterocycles. The van der Waals surface area contributed by atoms with Gasteiger partial charge in [0.05, 0.1) is 12.6 Å². The van der Waals surface area contributed by atoms with Crippen LogP contribution in [0.2, 0.25) is 0 Å². The quantitative estimate of drug-likeness (QED) is 0.620. The van der Waals surface area contributed by atoms with Crippen LogP contribution in [0.3, 0.4) is 0 Å². The third-order valence-electron chi connectivity index (χ3n) is 2.17. The van der Waals surface area contributed by atoms with E-state index in [0.717, 1.165) is 0 Å². The molecule has 1 saturated carbocycles. The molecule has 0 aliphatic heterocycles. The largest absolute Gasteiger partial charge is 0.377 e. The van der Waals surface area contributed by atoms with Gasteiger partial charge in [-0.15, -0.1) is 0 Å². The molecule has 1 aliphatic rings. The van der Waals surface area contributed by atoms with Gasteiger partial charge in [0, 0.05) is 19.2 Å². The van der Waals surface area contributed by atoms with E-state index >= 15 is 0 Å².